The van der Waals surface area contributed by atoms with E-state index in [9.17, 15) is 9.50 Å². The van der Waals surface area contributed by atoms with Gasteiger partial charge in [-0.1, -0.05) is 30.3 Å². The SMILES string of the molecule is OC[C@@H]1C[C@H](F)CN1c1cncc(-c2ccccc2)n1. The Balaban J connectivity index is 1.92. The summed E-state index contributed by atoms with van der Waals surface area (Å²) in [7, 11) is 0. The summed E-state index contributed by atoms with van der Waals surface area (Å²) < 4.78 is 13.5. The predicted octanol–water partition coefficient (Wildman–Crippen LogP) is 2.05. The highest BCUT2D eigenvalue weighted by molar-refractivity contribution is 5.60. The van der Waals surface area contributed by atoms with E-state index in [0.29, 0.717) is 12.2 Å². The molecule has 0 bridgehead atoms. The minimum atomic E-state index is -0.922. The van der Waals surface area contributed by atoms with E-state index in [1.165, 1.54) is 0 Å². The molecule has 0 aliphatic carbocycles. The number of rotatable bonds is 3. The fourth-order valence-electron chi connectivity index (χ4n) is 2.56. The number of aliphatic hydroxyl groups is 1. The monoisotopic (exact) mass is 273 g/mol. The predicted molar refractivity (Wildman–Crippen MR) is 75.2 cm³/mol. The fraction of sp³-hybridized carbons (Fsp3) is 0.333. The fourth-order valence-corrected chi connectivity index (χ4v) is 2.56. The largest absolute Gasteiger partial charge is 0.394 e. The Morgan fingerprint density at radius 1 is 1.25 bits per heavy atom. The van der Waals surface area contributed by atoms with E-state index in [1.54, 1.807) is 17.3 Å². The molecule has 0 saturated carbocycles. The quantitative estimate of drug-likeness (QED) is 0.930. The van der Waals surface area contributed by atoms with E-state index < -0.39 is 6.17 Å². The van der Waals surface area contributed by atoms with E-state index in [-0.39, 0.29) is 19.2 Å². The van der Waals surface area contributed by atoms with E-state index in [2.05, 4.69) is 9.97 Å². The Kier molecular flexibility index (Phi) is 3.60. The van der Waals surface area contributed by atoms with Crippen LogP contribution in [-0.2, 0) is 0 Å². The van der Waals surface area contributed by atoms with Crippen molar-refractivity contribution in [3.8, 4) is 11.3 Å². The van der Waals surface area contributed by atoms with E-state index in [4.69, 9.17) is 0 Å². The van der Waals surface area contributed by atoms with Crippen molar-refractivity contribution in [2.24, 2.45) is 0 Å². The maximum absolute atomic E-state index is 13.5. The number of benzene rings is 1. The normalized spacial score (nSPS) is 22.2. The van der Waals surface area contributed by atoms with Gasteiger partial charge in [0, 0.05) is 12.0 Å². The third-order valence-corrected chi connectivity index (χ3v) is 3.56. The smallest absolute Gasteiger partial charge is 0.148 e. The molecule has 3 rings (SSSR count). The molecular weight excluding hydrogens is 257 g/mol. The second-order valence-corrected chi connectivity index (χ2v) is 4.95. The van der Waals surface area contributed by atoms with Crippen molar-refractivity contribution in [3.05, 3.63) is 42.7 Å². The van der Waals surface area contributed by atoms with Crippen molar-refractivity contribution < 1.29 is 9.50 Å². The van der Waals surface area contributed by atoms with Crippen LogP contribution in [0.5, 0.6) is 0 Å². The first-order valence-electron chi connectivity index (χ1n) is 6.67. The lowest BCUT2D eigenvalue weighted by Crippen LogP contribution is -2.33. The van der Waals surface area contributed by atoms with Crippen LogP contribution in [0.25, 0.3) is 11.3 Å². The highest BCUT2D eigenvalue weighted by Gasteiger charge is 2.32. The van der Waals surface area contributed by atoms with Gasteiger partial charge in [0.15, 0.2) is 0 Å². The standard InChI is InChI=1S/C15H16FN3O/c16-12-6-13(10-20)19(9-12)15-8-17-7-14(18-15)11-4-2-1-3-5-11/h1-5,7-8,12-13,20H,6,9-10H2/t12-,13-/m0/s1. The molecule has 1 N–H and O–H groups in total. The van der Waals surface area contributed by atoms with E-state index >= 15 is 0 Å². The zero-order valence-corrected chi connectivity index (χ0v) is 11.0. The first-order chi connectivity index (χ1) is 9.78. The second kappa shape index (κ2) is 5.54. The second-order valence-electron chi connectivity index (χ2n) is 4.95. The Bertz CT molecular complexity index is 578. The summed E-state index contributed by atoms with van der Waals surface area (Å²) in [4.78, 5) is 10.5. The van der Waals surface area contributed by atoms with Crippen molar-refractivity contribution >= 4 is 5.82 Å². The van der Waals surface area contributed by atoms with Gasteiger partial charge in [0.2, 0.25) is 0 Å². The minimum Gasteiger partial charge on any atom is -0.394 e. The molecule has 2 aromatic rings. The van der Waals surface area contributed by atoms with Crippen molar-refractivity contribution in [2.45, 2.75) is 18.6 Å². The molecule has 20 heavy (non-hydrogen) atoms. The third kappa shape index (κ3) is 2.49. The average molecular weight is 273 g/mol. The molecule has 1 saturated heterocycles. The molecule has 0 spiro atoms. The van der Waals surface area contributed by atoms with Gasteiger partial charge < -0.3 is 10.0 Å². The summed E-state index contributed by atoms with van der Waals surface area (Å²) in [5, 5.41) is 9.35. The molecule has 1 aliphatic heterocycles. The molecule has 1 aromatic heterocycles. The van der Waals surface area contributed by atoms with Crippen LogP contribution < -0.4 is 4.90 Å². The summed E-state index contributed by atoms with van der Waals surface area (Å²) in [5.74, 6) is 0.616. The van der Waals surface area contributed by atoms with Crippen LogP contribution >= 0.6 is 0 Å². The molecule has 2 heterocycles. The van der Waals surface area contributed by atoms with Gasteiger partial charge in [-0.25, -0.2) is 9.37 Å². The molecule has 5 heteroatoms. The Morgan fingerprint density at radius 3 is 2.80 bits per heavy atom. The number of aliphatic hydroxyl groups excluding tert-OH is 1. The van der Waals surface area contributed by atoms with Crippen molar-refractivity contribution in [1.82, 2.24) is 9.97 Å². The Morgan fingerprint density at radius 2 is 2.05 bits per heavy atom. The van der Waals surface area contributed by atoms with Gasteiger partial charge in [-0.15, -0.1) is 0 Å². The van der Waals surface area contributed by atoms with Gasteiger partial charge in [0.1, 0.15) is 12.0 Å². The zero-order chi connectivity index (χ0) is 13.9. The third-order valence-electron chi connectivity index (χ3n) is 3.56. The van der Waals surface area contributed by atoms with Gasteiger partial charge in [-0.3, -0.25) is 4.98 Å². The Hall–Kier alpha value is -2.01. The average Bonchev–Trinajstić information content (AvgIpc) is 2.89. The maximum Gasteiger partial charge on any atom is 0.148 e. The summed E-state index contributed by atoms with van der Waals surface area (Å²) in [6.07, 6.45) is 2.73. The minimum absolute atomic E-state index is 0.0718. The van der Waals surface area contributed by atoms with Gasteiger partial charge in [-0.05, 0) is 0 Å². The molecule has 4 nitrogen and oxygen atoms in total. The van der Waals surface area contributed by atoms with Gasteiger partial charge in [0.05, 0.1) is 37.3 Å². The van der Waals surface area contributed by atoms with Crippen LogP contribution in [0.4, 0.5) is 10.2 Å². The topological polar surface area (TPSA) is 49.2 Å². The van der Waals surface area contributed by atoms with Crippen LogP contribution in [0.3, 0.4) is 0 Å². The summed E-state index contributed by atoms with van der Waals surface area (Å²) in [5.41, 5.74) is 1.72. The molecular formula is C15H16FN3O. The molecule has 1 aliphatic rings. The van der Waals surface area contributed by atoms with Crippen LogP contribution in [0.1, 0.15) is 6.42 Å². The molecule has 2 atom stereocenters. The van der Waals surface area contributed by atoms with Gasteiger partial charge >= 0.3 is 0 Å². The van der Waals surface area contributed by atoms with Crippen LogP contribution in [0.15, 0.2) is 42.7 Å². The number of aromatic nitrogens is 2. The molecule has 0 amide bonds. The lowest BCUT2D eigenvalue weighted by Gasteiger charge is -2.23. The number of halogens is 1. The summed E-state index contributed by atoms with van der Waals surface area (Å²) in [6, 6.07) is 9.52. The highest BCUT2D eigenvalue weighted by Crippen LogP contribution is 2.27. The number of hydrogen-bond donors (Lipinski definition) is 1. The lowest BCUT2D eigenvalue weighted by atomic mass is 10.2. The van der Waals surface area contributed by atoms with Crippen LogP contribution in [0.2, 0.25) is 0 Å². The van der Waals surface area contributed by atoms with Crippen molar-refractivity contribution in [2.75, 3.05) is 18.1 Å². The molecule has 0 radical (unpaired) electrons. The van der Waals surface area contributed by atoms with Gasteiger partial charge in [-0.2, -0.15) is 0 Å². The van der Waals surface area contributed by atoms with Gasteiger partial charge in [0.25, 0.3) is 0 Å². The van der Waals surface area contributed by atoms with Crippen molar-refractivity contribution in [3.63, 3.8) is 0 Å². The van der Waals surface area contributed by atoms with E-state index in [1.807, 2.05) is 30.3 Å². The number of nitrogens with zero attached hydrogens (tertiary/aromatic N) is 3. The maximum atomic E-state index is 13.5. The zero-order valence-electron chi connectivity index (χ0n) is 11.0. The number of alkyl halides is 1. The number of anilines is 1. The van der Waals surface area contributed by atoms with Crippen LogP contribution in [0, 0.1) is 0 Å². The number of hydrogen-bond acceptors (Lipinski definition) is 4. The molecule has 0 unspecified atom stereocenters. The highest BCUT2D eigenvalue weighted by atomic mass is 19.1. The first kappa shape index (κ1) is 13.0. The lowest BCUT2D eigenvalue weighted by molar-refractivity contribution is 0.255. The van der Waals surface area contributed by atoms with E-state index in [0.717, 1.165) is 11.3 Å². The van der Waals surface area contributed by atoms with Crippen LogP contribution in [-0.4, -0.2) is 40.4 Å². The molecule has 1 fully saturated rings. The molecule has 104 valence electrons. The molecule has 1 aromatic carbocycles. The Labute approximate surface area is 116 Å². The van der Waals surface area contributed by atoms with Crippen molar-refractivity contribution in [1.29, 1.82) is 0 Å². The summed E-state index contributed by atoms with van der Waals surface area (Å²) >= 11 is 0. The first-order valence-corrected chi connectivity index (χ1v) is 6.67. The summed E-state index contributed by atoms with van der Waals surface area (Å²) in [6.45, 7) is 0.190.